The number of nitrogens with zero attached hydrogens (tertiary/aromatic N) is 2. The molecule has 0 atom stereocenters. The molecule has 2 heterocycles. The smallest absolute Gasteiger partial charge is 0.228 e. The van der Waals surface area contributed by atoms with Crippen molar-refractivity contribution in [3.63, 3.8) is 0 Å². The molecule has 0 aliphatic carbocycles. The van der Waals surface area contributed by atoms with Crippen molar-refractivity contribution in [1.82, 2.24) is 15.1 Å². The molecule has 1 aliphatic rings. The number of carbonyl (C=O) groups excluding carboxylic acids is 1. The molecule has 28 heavy (non-hydrogen) atoms. The average molecular weight is 384 g/mol. The van der Waals surface area contributed by atoms with Crippen LogP contribution in [-0.4, -0.2) is 41.1 Å². The van der Waals surface area contributed by atoms with Crippen LogP contribution in [0.1, 0.15) is 18.4 Å². The first-order chi connectivity index (χ1) is 13.4. The second kappa shape index (κ2) is 7.31. The zero-order valence-corrected chi connectivity index (χ0v) is 15.9. The lowest BCUT2D eigenvalue weighted by Crippen LogP contribution is -2.36. The number of fused-ring (bicyclic) bond motifs is 1. The number of nitrogens with one attached hydrogen (secondary N) is 2. The van der Waals surface area contributed by atoms with Crippen LogP contribution in [0.4, 0.5) is 14.6 Å². The quantitative estimate of drug-likeness (QED) is 0.715. The van der Waals surface area contributed by atoms with Gasteiger partial charge in [0.05, 0.1) is 5.52 Å². The highest BCUT2D eigenvalue weighted by molar-refractivity contribution is 6.01. The Morgan fingerprint density at radius 3 is 2.68 bits per heavy atom. The van der Waals surface area contributed by atoms with E-state index in [0.717, 1.165) is 31.4 Å². The third-order valence-corrected chi connectivity index (χ3v) is 5.48. The van der Waals surface area contributed by atoms with Gasteiger partial charge in [-0.2, -0.15) is 5.10 Å². The van der Waals surface area contributed by atoms with Crippen LogP contribution in [0, 0.1) is 24.5 Å². The number of aromatic amines is 1. The van der Waals surface area contributed by atoms with E-state index in [1.54, 1.807) is 30.3 Å². The molecule has 0 bridgehead atoms. The third-order valence-electron chi connectivity index (χ3n) is 5.48. The molecule has 0 unspecified atom stereocenters. The molecule has 1 aromatic heterocycles. The number of likely N-dealkylation sites (tertiary alicyclic amines) is 1. The van der Waals surface area contributed by atoms with E-state index in [0.29, 0.717) is 16.8 Å². The van der Waals surface area contributed by atoms with Gasteiger partial charge in [-0.1, -0.05) is 18.2 Å². The van der Waals surface area contributed by atoms with Gasteiger partial charge in [0.2, 0.25) is 5.91 Å². The SMILES string of the molecule is Cc1ccc(-c2ccc3[nH]nc(NC(=O)C4CCN(C)CC4)c3c2)c(F)c1F. The van der Waals surface area contributed by atoms with Gasteiger partial charge in [0.25, 0.3) is 0 Å². The molecule has 1 amide bonds. The first kappa shape index (κ1) is 18.6. The highest BCUT2D eigenvalue weighted by Crippen LogP contribution is 2.31. The second-order valence-electron chi connectivity index (χ2n) is 7.46. The van der Waals surface area contributed by atoms with E-state index in [1.165, 1.54) is 6.92 Å². The van der Waals surface area contributed by atoms with Crippen molar-refractivity contribution in [2.24, 2.45) is 5.92 Å². The number of aryl methyl sites for hydroxylation is 1. The largest absolute Gasteiger partial charge is 0.308 e. The average Bonchev–Trinajstić information content (AvgIpc) is 3.09. The van der Waals surface area contributed by atoms with E-state index >= 15 is 0 Å². The molecular formula is C21H22F2N4O. The summed E-state index contributed by atoms with van der Waals surface area (Å²) in [5, 5.41) is 10.6. The lowest BCUT2D eigenvalue weighted by Gasteiger charge is -2.27. The van der Waals surface area contributed by atoms with Gasteiger partial charge in [-0.3, -0.25) is 9.89 Å². The van der Waals surface area contributed by atoms with E-state index in [-0.39, 0.29) is 23.0 Å². The first-order valence-corrected chi connectivity index (χ1v) is 9.36. The summed E-state index contributed by atoms with van der Waals surface area (Å²) < 4.78 is 28.3. The predicted octanol–water partition coefficient (Wildman–Crippen LogP) is 4.10. The van der Waals surface area contributed by atoms with Crippen LogP contribution >= 0.6 is 0 Å². The van der Waals surface area contributed by atoms with E-state index in [2.05, 4.69) is 20.4 Å². The molecule has 4 rings (SSSR count). The molecule has 5 nitrogen and oxygen atoms in total. The molecule has 7 heteroatoms. The van der Waals surface area contributed by atoms with Gasteiger partial charge in [0.15, 0.2) is 17.5 Å². The summed E-state index contributed by atoms with van der Waals surface area (Å²) in [6.45, 7) is 3.31. The van der Waals surface area contributed by atoms with Crippen molar-refractivity contribution >= 4 is 22.6 Å². The number of amides is 1. The van der Waals surface area contributed by atoms with Crippen LogP contribution in [-0.2, 0) is 4.79 Å². The Balaban J connectivity index is 1.64. The van der Waals surface area contributed by atoms with E-state index in [9.17, 15) is 13.6 Å². The summed E-state index contributed by atoms with van der Waals surface area (Å²) >= 11 is 0. The summed E-state index contributed by atoms with van der Waals surface area (Å²) in [5.74, 6) is -1.41. The number of carbonyl (C=O) groups is 1. The molecule has 3 aromatic rings. The Morgan fingerprint density at radius 2 is 1.93 bits per heavy atom. The van der Waals surface area contributed by atoms with Crippen molar-refractivity contribution in [2.45, 2.75) is 19.8 Å². The van der Waals surface area contributed by atoms with E-state index < -0.39 is 11.6 Å². The molecule has 0 radical (unpaired) electrons. The maximum absolute atomic E-state index is 14.4. The fraction of sp³-hybridized carbons (Fsp3) is 0.333. The van der Waals surface area contributed by atoms with E-state index in [1.807, 2.05) is 7.05 Å². The standard InChI is InChI=1S/C21H22F2N4O/c1-12-3-5-15(19(23)18(12)22)14-4-6-17-16(11-14)20(26-25-17)24-21(28)13-7-9-27(2)10-8-13/h3-6,11,13H,7-10H2,1-2H3,(H2,24,25,26,28). The topological polar surface area (TPSA) is 61.0 Å². The monoisotopic (exact) mass is 384 g/mol. The molecule has 2 aromatic carbocycles. The zero-order chi connectivity index (χ0) is 19.8. The van der Waals surface area contributed by atoms with Crippen LogP contribution in [0.15, 0.2) is 30.3 Å². The maximum atomic E-state index is 14.4. The summed E-state index contributed by atoms with van der Waals surface area (Å²) in [6, 6.07) is 8.29. The van der Waals surface area contributed by atoms with Crippen LogP contribution in [0.25, 0.3) is 22.0 Å². The highest BCUT2D eigenvalue weighted by atomic mass is 19.2. The van der Waals surface area contributed by atoms with Crippen molar-refractivity contribution < 1.29 is 13.6 Å². The van der Waals surface area contributed by atoms with Crippen LogP contribution in [0.2, 0.25) is 0 Å². The lowest BCUT2D eigenvalue weighted by atomic mass is 9.96. The number of aromatic nitrogens is 2. The Kier molecular flexibility index (Phi) is 4.85. The summed E-state index contributed by atoms with van der Waals surface area (Å²) in [5.41, 5.74) is 1.69. The van der Waals surface area contributed by atoms with Gasteiger partial charge < -0.3 is 10.2 Å². The third kappa shape index (κ3) is 3.38. The zero-order valence-electron chi connectivity index (χ0n) is 15.9. The Hall–Kier alpha value is -2.80. The van der Waals surface area contributed by atoms with Crippen molar-refractivity contribution in [3.05, 3.63) is 47.5 Å². The number of hydrogen-bond donors (Lipinski definition) is 2. The maximum Gasteiger partial charge on any atom is 0.228 e. The molecule has 2 N–H and O–H groups in total. The van der Waals surface area contributed by atoms with Gasteiger partial charge in [-0.05, 0) is 63.2 Å². The normalized spacial score (nSPS) is 15.9. The molecule has 1 saturated heterocycles. The molecular weight excluding hydrogens is 362 g/mol. The molecule has 0 spiro atoms. The number of anilines is 1. The Bertz CT molecular complexity index is 1040. The number of piperidine rings is 1. The fourth-order valence-electron chi connectivity index (χ4n) is 3.64. The van der Waals surface area contributed by atoms with Crippen molar-refractivity contribution in [1.29, 1.82) is 0 Å². The number of rotatable bonds is 3. The van der Waals surface area contributed by atoms with Gasteiger partial charge in [0.1, 0.15) is 0 Å². The molecule has 1 aliphatic heterocycles. The van der Waals surface area contributed by atoms with Crippen LogP contribution < -0.4 is 5.32 Å². The van der Waals surface area contributed by atoms with Crippen LogP contribution in [0.3, 0.4) is 0 Å². The number of benzene rings is 2. The minimum Gasteiger partial charge on any atom is -0.308 e. The van der Waals surface area contributed by atoms with E-state index in [4.69, 9.17) is 0 Å². The Morgan fingerprint density at radius 1 is 1.18 bits per heavy atom. The lowest BCUT2D eigenvalue weighted by molar-refractivity contribution is -0.121. The summed E-state index contributed by atoms with van der Waals surface area (Å²) in [7, 11) is 2.05. The molecule has 1 fully saturated rings. The van der Waals surface area contributed by atoms with Crippen LogP contribution in [0.5, 0.6) is 0 Å². The minimum atomic E-state index is -0.875. The Labute approximate surface area is 161 Å². The number of hydrogen-bond acceptors (Lipinski definition) is 3. The predicted molar refractivity (Wildman–Crippen MR) is 105 cm³/mol. The minimum absolute atomic E-state index is 0.0465. The highest BCUT2D eigenvalue weighted by Gasteiger charge is 2.24. The summed E-state index contributed by atoms with van der Waals surface area (Å²) in [4.78, 5) is 14.8. The summed E-state index contributed by atoms with van der Waals surface area (Å²) in [6.07, 6.45) is 1.62. The number of halogens is 2. The first-order valence-electron chi connectivity index (χ1n) is 9.36. The van der Waals surface area contributed by atoms with Crippen molar-refractivity contribution in [3.8, 4) is 11.1 Å². The van der Waals surface area contributed by atoms with Gasteiger partial charge in [0, 0.05) is 16.9 Å². The fourth-order valence-corrected chi connectivity index (χ4v) is 3.64. The molecule has 0 saturated carbocycles. The van der Waals surface area contributed by atoms with Crippen molar-refractivity contribution in [2.75, 3.05) is 25.5 Å². The van der Waals surface area contributed by atoms with Gasteiger partial charge >= 0.3 is 0 Å². The number of H-pyrrole nitrogens is 1. The van der Waals surface area contributed by atoms with Gasteiger partial charge in [-0.15, -0.1) is 0 Å². The second-order valence-corrected chi connectivity index (χ2v) is 7.46. The molecule has 146 valence electrons. The van der Waals surface area contributed by atoms with Gasteiger partial charge in [-0.25, -0.2) is 8.78 Å².